The molecule has 1 rings (SSSR count). The van der Waals surface area contributed by atoms with E-state index in [1.54, 1.807) is 0 Å². The molecule has 0 aliphatic heterocycles. The Morgan fingerprint density at radius 3 is 2.93 bits per heavy atom. The Hall–Kier alpha value is -1.13. The predicted molar refractivity (Wildman–Crippen MR) is 52.9 cm³/mol. The van der Waals surface area contributed by atoms with E-state index in [2.05, 4.69) is 10.5 Å². The number of aromatic nitrogens is 1. The number of carbonyl (C=O) groups is 1. The number of hydrogen-bond acceptors (Lipinski definition) is 3. The van der Waals surface area contributed by atoms with Gasteiger partial charge in [-0.2, -0.15) is 0 Å². The molecule has 0 saturated carbocycles. The molecule has 1 heterocycles. The van der Waals surface area contributed by atoms with E-state index in [9.17, 15) is 4.79 Å². The number of hydroxylamine groups is 1. The molecule has 0 saturated heterocycles. The average molecular weight is 215 g/mol. The van der Waals surface area contributed by atoms with Crippen molar-refractivity contribution in [3.63, 3.8) is 0 Å². The number of pyridine rings is 1. The van der Waals surface area contributed by atoms with Gasteiger partial charge in [0, 0.05) is 12.4 Å². The molecule has 0 bridgehead atoms. The van der Waals surface area contributed by atoms with Gasteiger partial charge in [0.05, 0.1) is 16.7 Å². The Kier molecular flexibility index (Phi) is 3.85. The fourth-order valence-electron chi connectivity index (χ4n) is 0.786. The van der Waals surface area contributed by atoms with E-state index < -0.39 is 0 Å². The molecule has 0 fully saturated rings. The molecule has 0 radical (unpaired) electrons. The van der Waals surface area contributed by atoms with Crippen LogP contribution in [0.15, 0.2) is 18.5 Å². The minimum atomic E-state index is -0.369. The maximum absolute atomic E-state index is 11.4. The molecule has 0 aromatic carbocycles. The number of halogens is 1. The van der Waals surface area contributed by atoms with Crippen molar-refractivity contribution in [2.45, 2.75) is 20.0 Å². The van der Waals surface area contributed by atoms with Crippen molar-refractivity contribution in [1.82, 2.24) is 10.5 Å². The summed E-state index contributed by atoms with van der Waals surface area (Å²) < 4.78 is 0. The first-order valence-electron chi connectivity index (χ1n) is 4.16. The lowest BCUT2D eigenvalue weighted by Gasteiger charge is -2.08. The van der Waals surface area contributed by atoms with Gasteiger partial charge in [0.25, 0.3) is 5.91 Å². The predicted octanol–water partition coefficient (Wildman–Crippen LogP) is 1.80. The van der Waals surface area contributed by atoms with E-state index in [0.717, 1.165) is 0 Å². The van der Waals surface area contributed by atoms with Gasteiger partial charge in [-0.3, -0.25) is 14.6 Å². The lowest BCUT2D eigenvalue weighted by molar-refractivity contribution is 0.000192. The number of hydrogen-bond donors (Lipinski definition) is 1. The molecule has 1 aromatic rings. The average Bonchev–Trinajstić information content (AvgIpc) is 2.15. The van der Waals surface area contributed by atoms with Gasteiger partial charge in [-0.25, -0.2) is 5.48 Å². The molecule has 0 aliphatic carbocycles. The highest BCUT2D eigenvalue weighted by atomic mass is 35.5. The van der Waals surface area contributed by atoms with Crippen LogP contribution in [-0.2, 0) is 4.84 Å². The van der Waals surface area contributed by atoms with Gasteiger partial charge < -0.3 is 0 Å². The van der Waals surface area contributed by atoms with Crippen LogP contribution in [0.2, 0.25) is 5.02 Å². The molecule has 1 aromatic heterocycles. The number of carbonyl (C=O) groups excluding carboxylic acids is 1. The zero-order valence-corrected chi connectivity index (χ0v) is 8.71. The van der Waals surface area contributed by atoms with E-state index in [1.165, 1.54) is 18.5 Å². The summed E-state index contributed by atoms with van der Waals surface area (Å²) in [7, 11) is 0. The maximum atomic E-state index is 11.4. The van der Waals surface area contributed by atoms with Gasteiger partial charge in [-0.1, -0.05) is 11.6 Å². The molecule has 1 N–H and O–H groups in total. The van der Waals surface area contributed by atoms with Gasteiger partial charge in [0.1, 0.15) is 0 Å². The molecule has 5 heteroatoms. The standard InChI is InChI=1S/C9H11ClN2O2/c1-6(2)14-12-9(13)7-3-4-11-5-8(7)10/h3-6H,1-2H3,(H,12,13). The number of nitrogens with zero attached hydrogens (tertiary/aromatic N) is 1. The Bertz CT molecular complexity index is 328. The molecule has 14 heavy (non-hydrogen) atoms. The van der Waals surface area contributed by atoms with E-state index in [1.807, 2.05) is 13.8 Å². The van der Waals surface area contributed by atoms with E-state index in [-0.39, 0.29) is 12.0 Å². The van der Waals surface area contributed by atoms with Crippen LogP contribution in [0.4, 0.5) is 0 Å². The molecule has 0 unspecified atom stereocenters. The SMILES string of the molecule is CC(C)ONC(=O)c1ccncc1Cl. The first-order chi connectivity index (χ1) is 6.61. The summed E-state index contributed by atoms with van der Waals surface area (Å²) in [6, 6.07) is 1.53. The second kappa shape index (κ2) is 4.93. The Morgan fingerprint density at radius 2 is 2.36 bits per heavy atom. The highest BCUT2D eigenvalue weighted by Gasteiger charge is 2.09. The molecule has 0 spiro atoms. The number of amides is 1. The Balaban J connectivity index is 2.65. The zero-order valence-electron chi connectivity index (χ0n) is 7.95. The largest absolute Gasteiger partial charge is 0.276 e. The van der Waals surface area contributed by atoms with Crippen LogP contribution in [0.1, 0.15) is 24.2 Å². The van der Waals surface area contributed by atoms with Gasteiger partial charge >= 0.3 is 0 Å². The van der Waals surface area contributed by atoms with Crippen molar-refractivity contribution in [1.29, 1.82) is 0 Å². The van der Waals surface area contributed by atoms with E-state index in [0.29, 0.717) is 10.6 Å². The third-order valence-electron chi connectivity index (χ3n) is 1.40. The summed E-state index contributed by atoms with van der Waals surface area (Å²) in [5, 5.41) is 0.303. The highest BCUT2D eigenvalue weighted by Crippen LogP contribution is 2.12. The van der Waals surface area contributed by atoms with Crippen molar-refractivity contribution in [3.8, 4) is 0 Å². The zero-order chi connectivity index (χ0) is 10.6. The van der Waals surface area contributed by atoms with Crippen LogP contribution in [-0.4, -0.2) is 17.0 Å². The van der Waals surface area contributed by atoms with Gasteiger partial charge in [0.15, 0.2) is 0 Å². The first kappa shape index (κ1) is 10.9. The van der Waals surface area contributed by atoms with E-state index >= 15 is 0 Å². The fraction of sp³-hybridized carbons (Fsp3) is 0.333. The topological polar surface area (TPSA) is 51.2 Å². The van der Waals surface area contributed by atoms with E-state index in [4.69, 9.17) is 16.4 Å². The molecule has 0 atom stereocenters. The third kappa shape index (κ3) is 2.97. The van der Waals surface area contributed by atoms with Crippen molar-refractivity contribution >= 4 is 17.5 Å². The van der Waals surface area contributed by atoms with Crippen LogP contribution in [0.25, 0.3) is 0 Å². The second-order valence-electron chi connectivity index (χ2n) is 2.95. The highest BCUT2D eigenvalue weighted by molar-refractivity contribution is 6.33. The van der Waals surface area contributed by atoms with Gasteiger partial charge in [-0.15, -0.1) is 0 Å². The van der Waals surface area contributed by atoms with Crippen molar-refractivity contribution in [2.24, 2.45) is 0 Å². The van der Waals surface area contributed by atoms with Crippen molar-refractivity contribution in [2.75, 3.05) is 0 Å². The lowest BCUT2D eigenvalue weighted by atomic mass is 10.2. The quantitative estimate of drug-likeness (QED) is 0.781. The minimum Gasteiger partial charge on any atom is -0.271 e. The molecular formula is C9H11ClN2O2. The summed E-state index contributed by atoms with van der Waals surface area (Å²) in [4.78, 5) is 20.1. The summed E-state index contributed by atoms with van der Waals surface area (Å²) in [6.45, 7) is 3.63. The van der Waals surface area contributed by atoms with Gasteiger partial charge in [-0.05, 0) is 19.9 Å². The molecule has 1 amide bonds. The molecule has 76 valence electrons. The Labute approximate surface area is 87.2 Å². The first-order valence-corrected chi connectivity index (χ1v) is 4.54. The Morgan fingerprint density at radius 1 is 1.64 bits per heavy atom. The fourth-order valence-corrected chi connectivity index (χ4v) is 0.991. The third-order valence-corrected chi connectivity index (χ3v) is 1.71. The number of nitrogens with one attached hydrogen (secondary N) is 1. The number of rotatable bonds is 3. The second-order valence-corrected chi connectivity index (χ2v) is 3.36. The van der Waals surface area contributed by atoms with Crippen LogP contribution in [0, 0.1) is 0 Å². The normalized spacial score (nSPS) is 10.3. The van der Waals surface area contributed by atoms with Crippen LogP contribution in [0.3, 0.4) is 0 Å². The van der Waals surface area contributed by atoms with Crippen molar-refractivity contribution in [3.05, 3.63) is 29.0 Å². The smallest absolute Gasteiger partial charge is 0.271 e. The summed E-state index contributed by atoms with van der Waals surface area (Å²) >= 11 is 5.76. The summed E-state index contributed by atoms with van der Waals surface area (Å²) in [6.07, 6.45) is 2.83. The minimum absolute atomic E-state index is 0.0698. The van der Waals surface area contributed by atoms with Crippen LogP contribution in [0.5, 0.6) is 0 Å². The lowest BCUT2D eigenvalue weighted by Crippen LogP contribution is -2.27. The molecule has 4 nitrogen and oxygen atoms in total. The summed E-state index contributed by atoms with van der Waals surface area (Å²) in [5.74, 6) is -0.369. The maximum Gasteiger partial charge on any atom is 0.276 e. The van der Waals surface area contributed by atoms with Gasteiger partial charge in [0.2, 0.25) is 0 Å². The van der Waals surface area contributed by atoms with Crippen LogP contribution >= 0.6 is 11.6 Å². The van der Waals surface area contributed by atoms with Crippen LogP contribution < -0.4 is 5.48 Å². The molecular weight excluding hydrogens is 204 g/mol. The summed E-state index contributed by atoms with van der Waals surface area (Å²) in [5.41, 5.74) is 2.64. The molecule has 0 aliphatic rings. The monoisotopic (exact) mass is 214 g/mol. The van der Waals surface area contributed by atoms with Crippen molar-refractivity contribution < 1.29 is 9.63 Å².